The Morgan fingerprint density at radius 1 is 1.04 bits per heavy atom. The number of nitrogens with zero attached hydrogens (tertiary/aromatic N) is 1. The lowest BCUT2D eigenvalue weighted by Gasteiger charge is -2.25. The Kier molecular flexibility index (Phi) is 6.76. The van der Waals surface area contributed by atoms with Crippen molar-refractivity contribution in [3.63, 3.8) is 0 Å². The van der Waals surface area contributed by atoms with Gasteiger partial charge in [-0.2, -0.15) is 8.78 Å². The molecule has 1 saturated heterocycles. The van der Waals surface area contributed by atoms with Gasteiger partial charge in [0.05, 0.1) is 0 Å². The molecule has 0 spiro atoms. The van der Waals surface area contributed by atoms with Crippen molar-refractivity contribution in [2.75, 3.05) is 13.1 Å². The van der Waals surface area contributed by atoms with Gasteiger partial charge in [-0.3, -0.25) is 4.90 Å². The van der Waals surface area contributed by atoms with E-state index in [-0.39, 0.29) is 30.2 Å². The van der Waals surface area contributed by atoms with Gasteiger partial charge in [0.1, 0.15) is 5.75 Å². The fourth-order valence-corrected chi connectivity index (χ4v) is 3.37. The van der Waals surface area contributed by atoms with Crippen LogP contribution < -0.4 is 10.5 Å². The van der Waals surface area contributed by atoms with Crippen molar-refractivity contribution in [3.8, 4) is 5.75 Å². The molecule has 136 valence electrons. The van der Waals surface area contributed by atoms with Crippen molar-refractivity contribution in [2.24, 2.45) is 5.73 Å². The molecule has 6 heteroatoms. The number of ether oxygens (including phenoxy) is 1. The number of benzene rings is 2. The Labute approximate surface area is 153 Å². The maximum atomic E-state index is 12.2. The van der Waals surface area contributed by atoms with E-state index in [9.17, 15) is 8.78 Å². The predicted molar refractivity (Wildman–Crippen MR) is 97.5 cm³/mol. The summed E-state index contributed by atoms with van der Waals surface area (Å²) >= 11 is 0. The minimum atomic E-state index is -2.79. The third-order valence-electron chi connectivity index (χ3n) is 4.76. The third-order valence-corrected chi connectivity index (χ3v) is 4.76. The van der Waals surface area contributed by atoms with Gasteiger partial charge in [0.15, 0.2) is 0 Å². The fraction of sp³-hybridized carbons (Fsp3) is 0.368. The quantitative estimate of drug-likeness (QED) is 0.859. The molecular weight excluding hydrogens is 346 g/mol. The summed E-state index contributed by atoms with van der Waals surface area (Å²) in [4.78, 5) is 2.34. The van der Waals surface area contributed by atoms with E-state index in [1.54, 1.807) is 12.1 Å². The van der Waals surface area contributed by atoms with Gasteiger partial charge in [0, 0.05) is 31.1 Å². The van der Waals surface area contributed by atoms with Crippen molar-refractivity contribution in [1.29, 1.82) is 0 Å². The van der Waals surface area contributed by atoms with Crippen LogP contribution in [0.1, 0.15) is 30.0 Å². The van der Waals surface area contributed by atoms with Crippen molar-refractivity contribution in [3.05, 3.63) is 65.7 Å². The fourth-order valence-electron chi connectivity index (χ4n) is 3.37. The smallest absolute Gasteiger partial charge is 0.387 e. The van der Waals surface area contributed by atoms with Crippen LogP contribution >= 0.6 is 12.4 Å². The largest absolute Gasteiger partial charge is 0.435 e. The zero-order valence-corrected chi connectivity index (χ0v) is 14.8. The molecule has 1 fully saturated rings. The molecule has 1 heterocycles. The van der Waals surface area contributed by atoms with E-state index in [0.29, 0.717) is 5.92 Å². The number of nitrogens with two attached hydrogens (primary N) is 1. The molecule has 2 aromatic rings. The van der Waals surface area contributed by atoms with Crippen molar-refractivity contribution >= 4 is 12.4 Å². The summed E-state index contributed by atoms with van der Waals surface area (Å²) in [6.45, 7) is 1.03. The lowest BCUT2D eigenvalue weighted by Crippen LogP contribution is -2.29. The molecule has 2 N–H and O–H groups in total. The van der Waals surface area contributed by atoms with Gasteiger partial charge in [0.2, 0.25) is 0 Å². The second kappa shape index (κ2) is 8.61. The molecule has 0 aromatic heterocycles. The number of alkyl halides is 2. The van der Waals surface area contributed by atoms with Crippen LogP contribution in [0.25, 0.3) is 0 Å². The molecule has 0 amide bonds. The van der Waals surface area contributed by atoms with Gasteiger partial charge in [0.25, 0.3) is 0 Å². The highest BCUT2D eigenvalue weighted by Gasteiger charge is 2.33. The highest BCUT2D eigenvalue weighted by Crippen LogP contribution is 2.32. The predicted octanol–water partition coefficient (Wildman–Crippen LogP) is 4.20. The molecule has 1 aliphatic heterocycles. The Balaban J connectivity index is 0.00000225. The van der Waals surface area contributed by atoms with Crippen LogP contribution in [-0.2, 0) is 0 Å². The highest BCUT2D eigenvalue weighted by atomic mass is 35.5. The molecule has 0 bridgehead atoms. The number of hydrogen-bond donors (Lipinski definition) is 1. The maximum Gasteiger partial charge on any atom is 0.387 e. The molecule has 2 aromatic carbocycles. The Hall–Kier alpha value is -1.69. The summed E-state index contributed by atoms with van der Waals surface area (Å²) in [5.41, 5.74) is 8.68. The first kappa shape index (κ1) is 19.6. The number of halogens is 3. The zero-order valence-electron chi connectivity index (χ0n) is 14.0. The van der Waals surface area contributed by atoms with Crippen LogP contribution in [-0.4, -0.2) is 30.6 Å². The molecule has 3 atom stereocenters. The maximum absolute atomic E-state index is 12.2. The van der Waals surface area contributed by atoms with Gasteiger partial charge in [-0.1, -0.05) is 42.5 Å². The van der Waals surface area contributed by atoms with E-state index in [1.807, 2.05) is 30.3 Å². The number of rotatable bonds is 5. The second-order valence-electron chi connectivity index (χ2n) is 6.26. The molecular formula is C19H23ClF2N2O. The summed E-state index contributed by atoms with van der Waals surface area (Å²) in [5, 5.41) is 0. The molecule has 1 aliphatic rings. The second-order valence-corrected chi connectivity index (χ2v) is 6.26. The number of hydrogen-bond acceptors (Lipinski definition) is 3. The first-order valence-electron chi connectivity index (χ1n) is 8.14. The molecule has 0 radical (unpaired) electrons. The monoisotopic (exact) mass is 368 g/mol. The topological polar surface area (TPSA) is 38.5 Å². The van der Waals surface area contributed by atoms with Crippen molar-refractivity contribution < 1.29 is 13.5 Å². The van der Waals surface area contributed by atoms with Crippen LogP contribution in [0.3, 0.4) is 0 Å². The zero-order chi connectivity index (χ0) is 17.1. The molecule has 25 heavy (non-hydrogen) atoms. The minimum absolute atomic E-state index is 0. The van der Waals surface area contributed by atoms with Gasteiger partial charge in [-0.15, -0.1) is 12.4 Å². The lowest BCUT2D eigenvalue weighted by atomic mass is 9.95. The average molecular weight is 369 g/mol. The normalized spacial score (nSPS) is 21.8. The van der Waals surface area contributed by atoms with Crippen LogP contribution in [0.5, 0.6) is 5.75 Å². The third kappa shape index (κ3) is 4.69. The standard InChI is InChI=1S/C19H22F2N2O.ClH/c1-13(14-7-9-16(10-8-14)24-19(20)21)23-11-17(18(22)12-23)15-5-3-2-4-6-15;/h2-10,13,17-19H,11-12,22H2,1H3;1H/t13?,17-,18+;/m0./s1. The van der Waals surface area contributed by atoms with Gasteiger partial charge < -0.3 is 10.5 Å². The molecule has 0 aliphatic carbocycles. The van der Waals surface area contributed by atoms with Crippen molar-refractivity contribution in [2.45, 2.75) is 31.5 Å². The van der Waals surface area contributed by atoms with Gasteiger partial charge in [-0.25, -0.2) is 0 Å². The van der Waals surface area contributed by atoms with E-state index in [4.69, 9.17) is 5.73 Å². The Morgan fingerprint density at radius 2 is 1.68 bits per heavy atom. The lowest BCUT2D eigenvalue weighted by molar-refractivity contribution is -0.0498. The summed E-state index contributed by atoms with van der Waals surface area (Å²) in [6, 6.07) is 17.4. The SMILES string of the molecule is CC(c1ccc(OC(F)F)cc1)N1C[C@@H](N)[C@H](c2ccccc2)C1.Cl. The summed E-state index contributed by atoms with van der Waals surface area (Å²) in [7, 11) is 0. The summed E-state index contributed by atoms with van der Waals surface area (Å²) in [5.74, 6) is 0.497. The molecule has 3 rings (SSSR count). The molecule has 0 saturated carbocycles. The molecule has 3 nitrogen and oxygen atoms in total. The summed E-state index contributed by atoms with van der Waals surface area (Å²) < 4.78 is 28.9. The number of likely N-dealkylation sites (tertiary alicyclic amines) is 1. The minimum Gasteiger partial charge on any atom is -0.435 e. The van der Waals surface area contributed by atoms with E-state index >= 15 is 0 Å². The van der Waals surface area contributed by atoms with Crippen LogP contribution in [0.2, 0.25) is 0 Å². The van der Waals surface area contributed by atoms with Gasteiger partial charge >= 0.3 is 6.61 Å². The Morgan fingerprint density at radius 3 is 2.28 bits per heavy atom. The van der Waals surface area contributed by atoms with Crippen molar-refractivity contribution in [1.82, 2.24) is 4.90 Å². The van der Waals surface area contributed by atoms with Crippen LogP contribution in [0, 0.1) is 0 Å². The average Bonchev–Trinajstić information content (AvgIpc) is 2.97. The van der Waals surface area contributed by atoms with Crippen LogP contribution in [0.4, 0.5) is 8.78 Å². The highest BCUT2D eigenvalue weighted by molar-refractivity contribution is 5.85. The van der Waals surface area contributed by atoms with Crippen LogP contribution in [0.15, 0.2) is 54.6 Å². The Bertz CT molecular complexity index is 654. The molecule has 1 unspecified atom stereocenters. The first-order chi connectivity index (χ1) is 11.5. The van der Waals surface area contributed by atoms with Gasteiger partial charge in [-0.05, 0) is 30.2 Å². The van der Waals surface area contributed by atoms with E-state index in [2.05, 4.69) is 28.7 Å². The van der Waals surface area contributed by atoms with E-state index in [0.717, 1.165) is 18.7 Å². The first-order valence-corrected chi connectivity index (χ1v) is 8.14. The summed E-state index contributed by atoms with van der Waals surface area (Å²) in [6.07, 6.45) is 0. The van der Waals surface area contributed by atoms with E-state index in [1.165, 1.54) is 5.56 Å². The van der Waals surface area contributed by atoms with E-state index < -0.39 is 6.61 Å².